The van der Waals surface area contributed by atoms with Crippen LogP contribution in [0.2, 0.25) is 0 Å². The zero-order valence-corrected chi connectivity index (χ0v) is 36.0. The first-order valence-electron chi connectivity index (χ1n) is 18.7. The van der Waals surface area contributed by atoms with Gasteiger partial charge >= 0.3 is 17.9 Å². The van der Waals surface area contributed by atoms with Gasteiger partial charge in [0.1, 0.15) is 22.1 Å². The first-order valence-corrected chi connectivity index (χ1v) is 20.2. The number of carbonyl (C=O) groups excluding carboxylic acids is 3. The summed E-state index contributed by atoms with van der Waals surface area (Å²) in [5, 5.41) is 64.2. The molecule has 19 nitrogen and oxygen atoms in total. The van der Waals surface area contributed by atoms with Gasteiger partial charge in [0.05, 0.1) is 18.8 Å². The first kappa shape index (κ1) is 50.4. The molecule has 0 fully saturated rings. The average Bonchev–Trinajstić information content (AvgIpc) is 3.80. The molecule has 0 bridgehead atoms. The third-order valence-corrected chi connectivity index (χ3v) is 9.72. The van der Waals surface area contributed by atoms with Crippen molar-refractivity contribution in [2.24, 2.45) is 5.73 Å². The van der Waals surface area contributed by atoms with Gasteiger partial charge in [0.25, 0.3) is 5.91 Å². The van der Waals surface area contributed by atoms with Crippen molar-refractivity contribution in [2.45, 2.75) is 71.2 Å². The number of amides is 1. The smallest absolute Gasteiger partial charge is 0.335 e. The molecule has 4 aromatic carbocycles. The molecule has 0 saturated heterocycles. The number of esters is 2. The van der Waals surface area contributed by atoms with E-state index in [1.807, 2.05) is 48.5 Å². The number of aliphatic hydroxyl groups is 2. The van der Waals surface area contributed by atoms with Gasteiger partial charge in [-0.05, 0) is 115 Å². The number of aromatic carboxylic acids is 1. The van der Waals surface area contributed by atoms with E-state index in [-0.39, 0.29) is 56.2 Å². The Morgan fingerprint density at radius 3 is 1.60 bits per heavy atom. The van der Waals surface area contributed by atoms with Crippen LogP contribution in [0.1, 0.15) is 66.0 Å². The van der Waals surface area contributed by atoms with Crippen LogP contribution in [0.5, 0.6) is 0 Å². The Bertz CT molecular complexity index is 2400. The van der Waals surface area contributed by atoms with Gasteiger partial charge < -0.3 is 46.3 Å². The van der Waals surface area contributed by atoms with Crippen molar-refractivity contribution in [1.29, 1.82) is 0 Å². The highest BCUT2D eigenvalue weighted by Crippen LogP contribution is 2.17. The summed E-state index contributed by atoms with van der Waals surface area (Å²) < 4.78 is 11.5. The third-order valence-electron chi connectivity index (χ3n) is 8.66. The van der Waals surface area contributed by atoms with E-state index < -0.39 is 42.1 Å². The molecule has 6 rings (SSSR count). The number of hydrogen-bond donors (Lipinski definition) is 7. The van der Waals surface area contributed by atoms with E-state index in [9.17, 15) is 34.6 Å². The minimum Gasteiger partial charge on any atom is -0.478 e. The van der Waals surface area contributed by atoms with Crippen LogP contribution in [0.3, 0.4) is 0 Å². The Morgan fingerprint density at radius 1 is 0.694 bits per heavy atom. The van der Waals surface area contributed by atoms with Crippen molar-refractivity contribution < 1.29 is 54.4 Å². The lowest BCUT2D eigenvalue weighted by atomic mass is 10.00. The number of benzene rings is 4. The van der Waals surface area contributed by atoms with Gasteiger partial charge in [-0.2, -0.15) is 0 Å². The molecule has 0 unspecified atom stereocenters. The summed E-state index contributed by atoms with van der Waals surface area (Å²) in [6.45, 7) is 3.77. The lowest BCUT2D eigenvalue weighted by molar-refractivity contribution is -0.154. The summed E-state index contributed by atoms with van der Waals surface area (Å²) in [5.74, 6) is -2.81. The fourth-order valence-corrected chi connectivity index (χ4v) is 6.22. The molecule has 2 heterocycles. The number of aromatic nitrogens is 6. The summed E-state index contributed by atoms with van der Waals surface area (Å²) in [6, 6.07) is 23.3. The number of rotatable bonds is 15. The normalized spacial score (nSPS) is 12.6. The molecule has 6 aromatic rings. The van der Waals surface area contributed by atoms with Gasteiger partial charge in [-0.1, -0.05) is 73.2 Å². The molecule has 1 amide bonds. The molecule has 0 aliphatic rings. The molecule has 0 radical (unpaired) electrons. The molecule has 2 aromatic heterocycles. The topological polar surface area (TPSA) is 287 Å². The lowest BCUT2D eigenvalue weighted by Gasteiger charge is -2.21. The molecule has 0 saturated carbocycles. The maximum atomic E-state index is 12.8. The van der Waals surface area contributed by atoms with Crippen LogP contribution >= 0.6 is 31.9 Å². The average molecular weight is 989 g/mol. The summed E-state index contributed by atoms with van der Waals surface area (Å²) in [6.07, 6.45) is -1.30. The van der Waals surface area contributed by atoms with Crippen molar-refractivity contribution in [3.8, 4) is 0 Å². The van der Waals surface area contributed by atoms with Crippen molar-refractivity contribution in [3.63, 3.8) is 0 Å². The Morgan fingerprint density at radius 2 is 1.13 bits per heavy atom. The van der Waals surface area contributed by atoms with Crippen molar-refractivity contribution >= 4 is 77.7 Å². The number of nitrogens with zero attached hydrogens (tertiary/aromatic N) is 6. The van der Waals surface area contributed by atoms with Crippen LogP contribution in [0.25, 0.3) is 22.1 Å². The van der Waals surface area contributed by atoms with E-state index in [0.717, 1.165) is 20.1 Å². The Labute approximate surface area is 372 Å². The van der Waals surface area contributed by atoms with Crippen molar-refractivity contribution in [1.82, 2.24) is 35.6 Å². The molecule has 0 spiro atoms. The highest BCUT2D eigenvalue weighted by atomic mass is 79.9. The fraction of sp³-hybridized carbons (Fsp3) is 0.317. The number of carboxylic acids is 1. The van der Waals surface area contributed by atoms with Crippen LogP contribution in [0.4, 0.5) is 0 Å². The van der Waals surface area contributed by atoms with E-state index >= 15 is 0 Å². The standard InChI is InChI=1S/C20H21BrN4O5.C13H18BrNO3.C7H5N3O3.CH4/c1-2-30-20(28)18(26)11-15(9-12-3-6-14(21)7-4-12)22-19(27)13-5-8-16-17(10-13)25(29)24-23-16;1-2-18-13(17)12(16)8-11(15)7-9-3-5-10(14)6-4-9;11-7(12)4-1-2-5-6(3-4)10(13)9-8-5;/h3-8,10,15,18,26,29H,2,9,11H2,1H3,(H,22,27);3-6,11-12,16H,2,7-8,15H2,1H3;1-3,13H,(H,11,12);1H4/t15-,18-;11-,12-;;/m11../s1. The number of carboxylic acid groups (broad SMARTS) is 1. The van der Waals surface area contributed by atoms with Gasteiger partial charge in [0.15, 0.2) is 12.2 Å². The molecule has 21 heteroatoms. The predicted octanol–water partition coefficient (Wildman–Crippen LogP) is 4.72. The Hall–Kier alpha value is -6.00. The number of carbonyl (C=O) groups is 4. The van der Waals surface area contributed by atoms with Gasteiger partial charge in [0, 0.05) is 33.0 Å². The van der Waals surface area contributed by atoms with Gasteiger partial charge in [-0.25, -0.2) is 14.4 Å². The molecule has 0 aliphatic carbocycles. The lowest BCUT2D eigenvalue weighted by Crippen LogP contribution is -2.41. The van der Waals surface area contributed by atoms with Crippen LogP contribution in [-0.2, 0) is 31.9 Å². The predicted molar refractivity (Wildman–Crippen MR) is 233 cm³/mol. The minimum atomic E-state index is -1.36. The molecule has 8 N–H and O–H groups in total. The molecule has 62 heavy (non-hydrogen) atoms. The quantitative estimate of drug-likeness (QED) is 0.0541. The van der Waals surface area contributed by atoms with E-state index in [4.69, 9.17) is 25.5 Å². The monoisotopic (exact) mass is 986 g/mol. The van der Waals surface area contributed by atoms with E-state index in [2.05, 4.69) is 57.8 Å². The second kappa shape index (κ2) is 24.4. The molecule has 4 atom stereocenters. The largest absolute Gasteiger partial charge is 0.478 e. The summed E-state index contributed by atoms with van der Waals surface area (Å²) in [5.41, 5.74) is 9.73. The number of ether oxygens (including phenoxy) is 2. The Kier molecular flexibility index (Phi) is 19.9. The first-order chi connectivity index (χ1) is 29.1. The van der Waals surface area contributed by atoms with Crippen LogP contribution in [0, 0.1) is 0 Å². The van der Waals surface area contributed by atoms with Crippen LogP contribution in [0.15, 0.2) is 93.9 Å². The SMILES string of the molecule is C.CCOC(=O)[C@H](O)C[C@@H](Cc1ccc(Br)cc1)NC(=O)c1ccc2nnn(O)c2c1.CCOC(=O)[C@H](O)C[C@H](N)Cc1ccc(Br)cc1.O=C(O)c1ccc2nnn(O)c2c1. The maximum absolute atomic E-state index is 12.8. The summed E-state index contributed by atoms with van der Waals surface area (Å²) in [7, 11) is 0. The third kappa shape index (κ3) is 15.2. The highest BCUT2D eigenvalue weighted by molar-refractivity contribution is 9.10. The van der Waals surface area contributed by atoms with Crippen LogP contribution < -0.4 is 11.1 Å². The second-order valence-electron chi connectivity index (χ2n) is 13.3. The van der Waals surface area contributed by atoms with Gasteiger partial charge in [-0.15, -0.1) is 10.2 Å². The highest BCUT2D eigenvalue weighted by Gasteiger charge is 2.24. The summed E-state index contributed by atoms with van der Waals surface area (Å²) >= 11 is 6.73. The molecule has 332 valence electrons. The number of nitrogens with two attached hydrogens (primary N) is 1. The van der Waals surface area contributed by atoms with E-state index in [0.29, 0.717) is 39.1 Å². The molecule has 0 aliphatic heterocycles. The summed E-state index contributed by atoms with van der Waals surface area (Å²) in [4.78, 5) is 47.6. The minimum absolute atomic E-state index is 0. The number of halogens is 2. The Balaban J connectivity index is 0.000000271. The van der Waals surface area contributed by atoms with Crippen molar-refractivity contribution in [3.05, 3.63) is 116 Å². The second-order valence-corrected chi connectivity index (χ2v) is 15.1. The number of nitrogens with one attached hydrogen (secondary N) is 1. The fourth-order valence-electron chi connectivity index (χ4n) is 5.69. The zero-order chi connectivity index (χ0) is 44.6. The molecular formula is C41H48Br2N8O11. The van der Waals surface area contributed by atoms with Crippen LogP contribution in [-0.4, -0.2) is 117 Å². The zero-order valence-electron chi connectivity index (χ0n) is 32.8. The number of aliphatic hydroxyl groups excluding tert-OH is 2. The number of fused-ring (bicyclic) bond motifs is 2. The van der Waals surface area contributed by atoms with Gasteiger partial charge in [0.2, 0.25) is 0 Å². The number of hydrogen-bond acceptors (Lipinski definition) is 15. The van der Waals surface area contributed by atoms with E-state index in [1.54, 1.807) is 26.0 Å². The van der Waals surface area contributed by atoms with Gasteiger partial charge in [-0.3, -0.25) is 4.79 Å². The maximum Gasteiger partial charge on any atom is 0.335 e. The molecular weight excluding hydrogens is 940 g/mol. The van der Waals surface area contributed by atoms with Crippen molar-refractivity contribution in [2.75, 3.05) is 13.2 Å². The van der Waals surface area contributed by atoms with E-state index in [1.165, 1.54) is 24.3 Å².